The summed E-state index contributed by atoms with van der Waals surface area (Å²) in [4.78, 5) is 13.8. The lowest BCUT2D eigenvalue weighted by Crippen LogP contribution is -2.32. The van der Waals surface area contributed by atoms with Gasteiger partial charge >= 0.3 is 6.18 Å². The highest BCUT2D eigenvalue weighted by Crippen LogP contribution is 2.31. The summed E-state index contributed by atoms with van der Waals surface area (Å²) in [5, 5.41) is 0. The molecule has 2 aromatic rings. The van der Waals surface area contributed by atoms with Crippen molar-refractivity contribution in [1.29, 1.82) is 0 Å². The fraction of sp³-hybridized carbons (Fsp3) is 0.500. The van der Waals surface area contributed by atoms with Crippen LogP contribution < -0.4 is 4.90 Å². The fourth-order valence-electron chi connectivity index (χ4n) is 2.86. The molecule has 9 heteroatoms. The van der Waals surface area contributed by atoms with Gasteiger partial charge in [-0.3, -0.25) is 0 Å². The molecule has 0 radical (unpaired) electrons. The number of imidazole rings is 1. The lowest BCUT2D eigenvalue weighted by atomic mass is 9.99. The Labute approximate surface area is 139 Å². The van der Waals surface area contributed by atoms with Crippen LogP contribution in [0.15, 0.2) is 23.2 Å². The summed E-state index contributed by atoms with van der Waals surface area (Å²) >= 11 is 3.41. The fourth-order valence-corrected chi connectivity index (χ4v) is 3.38. The van der Waals surface area contributed by atoms with E-state index in [-0.39, 0.29) is 5.92 Å². The van der Waals surface area contributed by atoms with Crippen molar-refractivity contribution in [1.82, 2.24) is 19.5 Å². The predicted octanol–water partition coefficient (Wildman–Crippen LogP) is 3.15. The summed E-state index contributed by atoms with van der Waals surface area (Å²) < 4.78 is 40.6. The van der Waals surface area contributed by atoms with Crippen LogP contribution >= 0.6 is 15.9 Å². The first-order valence-electron chi connectivity index (χ1n) is 7.14. The van der Waals surface area contributed by atoms with Crippen molar-refractivity contribution in [2.24, 2.45) is 5.92 Å². The number of halogens is 4. The zero-order valence-corrected chi connectivity index (χ0v) is 14.0. The molecule has 0 aromatic carbocycles. The SMILES string of the molecule is CN(C[C@H]1CCc2nc(C(F)(F)F)cn2C1)c1ncncc1Br. The lowest BCUT2D eigenvalue weighted by molar-refractivity contribution is -0.141. The maximum Gasteiger partial charge on any atom is 0.434 e. The predicted molar refractivity (Wildman–Crippen MR) is 82.0 cm³/mol. The molecule has 0 aliphatic carbocycles. The molecule has 23 heavy (non-hydrogen) atoms. The molecule has 3 heterocycles. The molecule has 0 bridgehead atoms. The number of aromatic nitrogens is 4. The van der Waals surface area contributed by atoms with Crippen molar-refractivity contribution in [3.05, 3.63) is 34.7 Å². The number of fused-ring (bicyclic) bond motifs is 1. The van der Waals surface area contributed by atoms with E-state index in [0.717, 1.165) is 22.9 Å². The van der Waals surface area contributed by atoms with Gasteiger partial charge in [-0.05, 0) is 28.3 Å². The van der Waals surface area contributed by atoms with Crippen molar-refractivity contribution in [2.75, 3.05) is 18.5 Å². The van der Waals surface area contributed by atoms with Gasteiger partial charge in [0, 0.05) is 39.0 Å². The Morgan fingerprint density at radius 3 is 2.91 bits per heavy atom. The third-order valence-electron chi connectivity index (χ3n) is 3.92. The molecule has 0 spiro atoms. The normalized spacial score (nSPS) is 17.9. The van der Waals surface area contributed by atoms with Gasteiger partial charge in [0.2, 0.25) is 0 Å². The van der Waals surface area contributed by atoms with E-state index < -0.39 is 11.9 Å². The van der Waals surface area contributed by atoms with Gasteiger partial charge in [-0.15, -0.1) is 0 Å². The van der Waals surface area contributed by atoms with Crippen LogP contribution in [-0.2, 0) is 19.1 Å². The molecule has 0 saturated carbocycles. The quantitative estimate of drug-likeness (QED) is 0.808. The number of alkyl halides is 3. The van der Waals surface area contributed by atoms with Crippen LogP contribution in [0.4, 0.5) is 19.0 Å². The monoisotopic (exact) mass is 389 g/mol. The van der Waals surface area contributed by atoms with E-state index in [1.165, 1.54) is 6.33 Å². The lowest BCUT2D eigenvalue weighted by Gasteiger charge is -2.29. The van der Waals surface area contributed by atoms with Crippen LogP contribution in [-0.4, -0.2) is 33.1 Å². The standard InChI is InChI=1S/C14H15BrF3N5/c1-22(13-10(15)4-19-8-20-13)5-9-2-3-12-21-11(14(16,17)18)7-23(12)6-9/h4,7-9H,2-3,5-6H2,1H3/t9-/m1/s1. The van der Waals surface area contributed by atoms with Crippen LogP contribution in [0.3, 0.4) is 0 Å². The van der Waals surface area contributed by atoms with Gasteiger partial charge in [-0.2, -0.15) is 13.2 Å². The molecule has 0 fully saturated rings. The molecule has 5 nitrogen and oxygen atoms in total. The number of anilines is 1. The molecule has 1 atom stereocenters. The maximum absolute atomic E-state index is 12.7. The van der Waals surface area contributed by atoms with Crippen molar-refractivity contribution in [3.8, 4) is 0 Å². The van der Waals surface area contributed by atoms with Crippen LogP contribution in [0.1, 0.15) is 17.9 Å². The van der Waals surface area contributed by atoms with E-state index in [1.807, 2.05) is 11.9 Å². The highest BCUT2D eigenvalue weighted by atomic mass is 79.9. The molecule has 1 aliphatic heterocycles. The van der Waals surface area contributed by atoms with E-state index in [1.54, 1.807) is 10.8 Å². The summed E-state index contributed by atoms with van der Waals surface area (Å²) in [5.74, 6) is 1.52. The summed E-state index contributed by atoms with van der Waals surface area (Å²) in [6.07, 6.45) is 1.23. The molecule has 124 valence electrons. The molecular formula is C14H15BrF3N5. The number of rotatable bonds is 3. The highest BCUT2D eigenvalue weighted by Gasteiger charge is 2.35. The average molecular weight is 390 g/mol. The van der Waals surface area contributed by atoms with Crippen molar-refractivity contribution in [2.45, 2.75) is 25.6 Å². The number of hydrogen-bond donors (Lipinski definition) is 0. The zero-order chi connectivity index (χ0) is 16.6. The molecule has 2 aromatic heterocycles. The van der Waals surface area contributed by atoms with Gasteiger partial charge in [0.1, 0.15) is 18.0 Å². The Morgan fingerprint density at radius 1 is 1.43 bits per heavy atom. The number of nitrogens with zero attached hydrogens (tertiary/aromatic N) is 5. The van der Waals surface area contributed by atoms with Crippen LogP contribution in [0.2, 0.25) is 0 Å². The first-order chi connectivity index (χ1) is 10.8. The maximum atomic E-state index is 12.7. The number of hydrogen-bond acceptors (Lipinski definition) is 4. The summed E-state index contributed by atoms with van der Waals surface area (Å²) in [7, 11) is 1.91. The van der Waals surface area contributed by atoms with Crippen molar-refractivity contribution < 1.29 is 13.2 Å². The van der Waals surface area contributed by atoms with Gasteiger partial charge < -0.3 is 9.47 Å². The molecule has 3 rings (SSSR count). The first kappa shape index (κ1) is 16.2. The molecule has 0 unspecified atom stereocenters. The third kappa shape index (κ3) is 3.49. The second-order valence-corrected chi connectivity index (χ2v) is 6.53. The molecule has 0 N–H and O–H groups in total. The largest absolute Gasteiger partial charge is 0.434 e. The minimum absolute atomic E-state index is 0.240. The minimum Gasteiger partial charge on any atom is -0.358 e. The smallest absolute Gasteiger partial charge is 0.358 e. The molecular weight excluding hydrogens is 375 g/mol. The van der Waals surface area contributed by atoms with Crippen LogP contribution in [0.25, 0.3) is 0 Å². The highest BCUT2D eigenvalue weighted by molar-refractivity contribution is 9.10. The molecule has 0 amide bonds. The van der Waals surface area contributed by atoms with Gasteiger partial charge in [0.25, 0.3) is 0 Å². The van der Waals surface area contributed by atoms with Gasteiger partial charge in [-0.25, -0.2) is 15.0 Å². The Kier molecular flexibility index (Phi) is 4.31. The summed E-state index contributed by atoms with van der Waals surface area (Å²) in [6.45, 7) is 1.24. The van der Waals surface area contributed by atoms with Crippen molar-refractivity contribution in [3.63, 3.8) is 0 Å². The van der Waals surface area contributed by atoms with E-state index in [9.17, 15) is 13.2 Å². The Morgan fingerprint density at radius 2 is 2.22 bits per heavy atom. The topological polar surface area (TPSA) is 46.8 Å². The average Bonchev–Trinajstić information content (AvgIpc) is 2.91. The summed E-state index contributed by atoms with van der Waals surface area (Å²) in [5.41, 5.74) is -0.806. The Bertz CT molecular complexity index is 700. The van der Waals surface area contributed by atoms with Gasteiger partial charge in [0.05, 0.1) is 4.47 Å². The van der Waals surface area contributed by atoms with E-state index in [0.29, 0.717) is 25.3 Å². The van der Waals surface area contributed by atoms with Gasteiger partial charge in [0.15, 0.2) is 5.69 Å². The van der Waals surface area contributed by atoms with E-state index in [4.69, 9.17) is 0 Å². The minimum atomic E-state index is -4.39. The second kappa shape index (κ2) is 6.10. The zero-order valence-electron chi connectivity index (χ0n) is 12.4. The molecule has 1 aliphatic rings. The molecule has 0 saturated heterocycles. The third-order valence-corrected chi connectivity index (χ3v) is 4.48. The van der Waals surface area contributed by atoms with Crippen LogP contribution in [0, 0.1) is 5.92 Å². The summed E-state index contributed by atoms with van der Waals surface area (Å²) in [6, 6.07) is 0. The van der Waals surface area contributed by atoms with Crippen molar-refractivity contribution >= 4 is 21.7 Å². The van der Waals surface area contributed by atoms with Crippen LogP contribution in [0.5, 0.6) is 0 Å². The first-order valence-corrected chi connectivity index (χ1v) is 7.94. The van der Waals surface area contributed by atoms with Gasteiger partial charge in [-0.1, -0.05) is 0 Å². The second-order valence-electron chi connectivity index (χ2n) is 5.67. The number of aryl methyl sites for hydroxylation is 1. The van der Waals surface area contributed by atoms with E-state index in [2.05, 4.69) is 30.9 Å². The Hall–Kier alpha value is -1.64. The van der Waals surface area contributed by atoms with E-state index >= 15 is 0 Å². The Balaban J connectivity index is 1.70.